The van der Waals surface area contributed by atoms with Gasteiger partial charge in [0.1, 0.15) is 18.9 Å². The van der Waals surface area contributed by atoms with Gasteiger partial charge in [-0.2, -0.15) is 0 Å². The summed E-state index contributed by atoms with van der Waals surface area (Å²) in [6, 6.07) is 10.2. The second-order valence-electron chi connectivity index (χ2n) is 5.83. The zero-order chi connectivity index (χ0) is 18.8. The lowest BCUT2D eigenvalue weighted by molar-refractivity contribution is -0.121. The van der Waals surface area contributed by atoms with E-state index in [4.69, 9.17) is 11.6 Å². The fourth-order valence-corrected chi connectivity index (χ4v) is 2.90. The van der Waals surface area contributed by atoms with Crippen molar-refractivity contribution in [1.82, 2.24) is 4.90 Å². The Balaban J connectivity index is 1.85. The lowest BCUT2D eigenvalue weighted by Gasteiger charge is -2.21. The van der Waals surface area contributed by atoms with Crippen molar-refractivity contribution in [3.05, 3.63) is 58.9 Å². The van der Waals surface area contributed by atoms with Crippen molar-refractivity contribution in [1.29, 1.82) is 0 Å². The molecule has 134 valence electrons. The molecule has 0 unspecified atom stereocenters. The first-order valence-corrected chi connectivity index (χ1v) is 8.14. The van der Waals surface area contributed by atoms with Crippen LogP contribution in [0.5, 0.6) is 0 Å². The molecule has 0 aromatic heterocycles. The normalized spacial score (nSPS) is 14.1. The van der Waals surface area contributed by atoms with E-state index in [1.54, 1.807) is 24.3 Å². The van der Waals surface area contributed by atoms with Crippen molar-refractivity contribution in [2.24, 2.45) is 0 Å². The first kappa shape index (κ1) is 17.9. The van der Waals surface area contributed by atoms with Crippen molar-refractivity contribution in [2.75, 3.05) is 30.4 Å². The first-order valence-electron chi connectivity index (χ1n) is 7.76. The Bertz CT molecular complexity index is 903. The molecule has 3 amide bonds. The lowest BCUT2D eigenvalue weighted by Crippen LogP contribution is -2.41. The Hall–Kier alpha value is -2.93. The number of rotatable bonds is 3. The van der Waals surface area contributed by atoms with Gasteiger partial charge in [-0.3, -0.25) is 14.4 Å². The summed E-state index contributed by atoms with van der Waals surface area (Å²) in [6.45, 7) is -0.442. The number of fused-ring (bicyclic) bond motifs is 1. The maximum atomic E-state index is 13.1. The van der Waals surface area contributed by atoms with Crippen LogP contribution < -0.4 is 10.2 Å². The molecule has 0 saturated heterocycles. The highest BCUT2D eigenvalue weighted by Gasteiger charge is 2.30. The number of halogens is 2. The van der Waals surface area contributed by atoms with Gasteiger partial charge in [-0.15, -0.1) is 0 Å². The van der Waals surface area contributed by atoms with Gasteiger partial charge in [0.15, 0.2) is 0 Å². The van der Waals surface area contributed by atoms with Crippen LogP contribution in [0.3, 0.4) is 0 Å². The molecule has 0 fully saturated rings. The Labute approximate surface area is 154 Å². The van der Waals surface area contributed by atoms with E-state index in [2.05, 4.69) is 5.32 Å². The molecule has 1 aliphatic heterocycles. The third-order valence-electron chi connectivity index (χ3n) is 3.95. The van der Waals surface area contributed by atoms with Crippen molar-refractivity contribution in [2.45, 2.75) is 0 Å². The van der Waals surface area contributed by atoms with Crippen LogP contribution >= 0.6 is 11.6 Å². The minimum atomic E-state index is -0.522. The number of para-hydroxylation sites is 1. The number of benzene rings is 2. The van der Waals surface area contributed by atoms with E-state index in [-0.39, 0.29) is 35.6 Å². The van der Waals surface area contributed by atoms with Gasteiger partial charge in [0.25, 0.3) is 5.91 Å². The van der Waals surface area contributed by atoms with Gasteiger partial charge in [-0.25, -0.2) is 4.39 Å². The Kier molecular flexibility index (Phi) is 4.90. The van der Waals surface area contributed by atoms with Crippen molar-refractivity contribution in [3.8, 4) is 0 Å². The molecule has 0 saturated carbocycles. The molecule has 0 spiro atoms. The van der Waals surface area contributed by atoms with Gasteiger partial charge in [0.05, 0.1) is 22.0 Å². The molecule has 2 aromatic carbocycles. The zero-order valence-corrected chi connectivity index (χ0v) is 14.6. The van der Waals surface area contributed by atoms with Crippen LogP contribution in [0.2, 0.25) is 5.02 Å². The van der Waals surface area contributed by atoms with Gasteiger partial charge < -0.3 is 15.1 Å². The summed E-state index contributed by atoms with van der Waals surface area (Å²) in [5.74, 6) is -1.71. The molecule has 1 heterocycles. The van der Waals surface area contributed by atoms with Crippen LogP contribution in [-0.2, 0) is 9.59 Å². The molecule has 8 heteroatoms. The van der Waals surface area contributed by atoms with E-state index in [1.165, 1.54) is 29.0 Å². The van der Waals surface area contributed by atoms with E-state index >= 15 is 0 Å². The van der Waals surface area contributed by atoms with Gasteiger partial charge in [-0.1, -0.05) is 23.7 Å². The quantitative estimate of drug-likeness (QED) is 0.896. The number of hydrogen-bond donors (Lipinski definition) is 1. The van der Waals surface area contributed by atoms with Crippen LogP contribution in [0, 0.1) is 5.82 Å². The highest BCUT2D eigenvalue weighted by Crippen LogP contribution is 2.26. The Morgan fingerprint density at radius 1 is 1.23 bits per heavy atom. The first-order chi connectivity index (χ1) is 12.4. The standard InChI is InChI=1S/C18H15ClFN3O3/c1-22-10-17(25)23(15-5-3-2-4-12(15)18(22)26)9-16(24)21-14-7-6-11(20)8-13(14)19/h2-8H,9-10H2,1H3,(H,21,24). The van der Waals surface area contributed by atoms with Crippen LogP contribution in [0.25, 0.3) is 0 Å². The van der Waals surface area contributed by atoms with E-state index in [0.717, 1.165) is 6.07 Å². The fourth-order valence-electron chi connectivity index (χ4n) is 2.69. The second-order valence-corrected chi connectivity index (χ2v) is 6.24. The molecule has 26 heavy (non-hydrogen) atoms. The van der Waals surface area contributed by atoms with Gasteiger partial charge in [0, 0.05) is 7.05 Å². The number of nitrogens with one attached hydrogen (secondary N) is 1. The highest BCUT2D eigenvalue weighted by molar-refractivity contribution is 6.33. The number of hydrogen-bond acceptors (Lipinski definition) is 3. The molecular weight excluding hydrogens is 361 g/mol. The summed E-state index contributed by atoms with van der Waals surface area (Å²) in [7, 11) is 1.53. The average molecular weight is 376 g/mol. The van der Waals surface area contributed by atoms with Crippen LogP contribution in [0.15, 0.2) is 42.5 Å². The second kappa shape index (κ2) is 7.13. The van der Waals surface area contributed by atoms with E-state index in [1.807, 2.05) is 0 Å². The summed E-state index contributed by atoms with van der Waals surface area (Å²) in [5.41, 5.74) is 0.947. The van der Waals surface area contributed by atoms with Gasteiger partial charge in [-0.05, 0) is 30.3 Å². The SMILES string of the molecule is CN1CC(=O)N(CC(=O)Nc2ccc(F)cc2Cl)c2ccccc2C1=O. The summed E-state index contributed by atoms with van der Waals surface area (Å²) < 4.78 is 13.1. The number of anilines is 2. The minimum Gasteiger partial charge on any atom is -0.332 e. The number of amides is 3. The molecule has 0 radical (unpaired) electrons. The van der Waals surface area contributed by atoms with Crippen molar-refractivity contribution < 1.29 is 18.8 Å². The largest absolute Gasteiger partial charge is 0.332 e. The summed E-state index contributed by atoms with van der Waals surface area (Å²) in [6.07, 6.45) is 0. The van der Waals surface area contributed by atoms with Crippen LogP contribution in [-0.4, -0.2) is 42.8 Å². The molecule has 6 nitrogen and oxygen atoms in total. The summed E-state index contributed by atoms with van der Waals surface area (Å²) in [4.78, 5) is 39.8. The number of carbonyl (C=O) groups is 3. The predicted molar refractivity (Wildman–Crippen MR) is 95.8 cm³/mol. The molecular formula is C18H15ClFN3O3. The third-order valence-corrected chi connectivity index (χ3v) is 4.27. The maximum absolute atomic E-state index is 13.1. The van der Waals surface area contributed by atoms with Gasteiger partial charge >= 0.3 is 0 Å². The predicted octanol–water partition coefficient (Wildman–Crippen LogP) is 2.54. The summed E-state index contributed by atoms with van der Waals surface area (Å²) >= 11 is 5.90. The maximum Gasteiger partial charge on any atom is 0.256 e. The van der Waals surface area contributed by atoms with E-state index < -0.39 is 11.7 Å². The van der Waals surface area contributed by atoms with E-state index in [9.17, 15) is 18.8 Å². The number of carbonyl (C=O) groups excluding carboxylic acids is 3. The molecule has 3 rings (SSSR count). The monoisotopic (exact) mass is 375 g/mol. The van der Waals surface area contributed by atoms with Crippen LogP contribution in [0.4, 0.5) is 15.8 Å². The minimum absolute atomic E-state index is 0.0517. The third kappa shape index (κ3) is 3.52. The average Bonchev–Trinajstić information content (AvgIpc) is 2.68. The molecule has 1 aliphatic rings. The fraction of sp³-hybridized carbons (Fsp3) is 0.167. The van der Waals surface area contributed by atoms with Crippen molar-refractivity contribution in [3.63, 3.8) is 0 Å². The molecule has 0 atom stereocenters. The molecule has 0 aliphatic carbocycles. The topological polar surface area (TPSA) is 69.7 Å². The Morgan fingerprint density at radius 3 is 2.69 bits per heavy atom. The highest BCUT2D eigenvalue weighted by atomic mass is 35.5. The number of likely N-dealkylation sites (N-methyl/N-ethyl adjacent to an activating group) is 1. The van der Waals surface area contributed by atoms with E-state index in [0.29, 0.717) is 11.3 Å². The van der Waals surface area contributed by atoms with Crippen LogP contribution in [0.1, 0.15) is 10.4 Å². The smallest absolute Gasteiger partial charge is 0.256 e. The lowest BCUT2D eigenvalue weighted by atomic mass is 10.1. The van der Waals surface area contributed by atoms with Gasteiger partial charge in [0.2, 0.25) is 11.8 Å². The molecule has 2 aromatic rings. The molecule has 0 bridgehead atoms. The summed E-state index contributed by atoms with van der Waals surface area (Å²) in [5, 5.41) is 2.60. The number of nitrogens with zero attached hydrogens (tertiary/aromatic N) is 2. The Morgan fingerprint density at radius 2 is 1.96 bits per heavy atom. The molecule has 1 N–H and O–H groups in total. The van der Waals surface area contributed by atoms with Crippen molar-refractivity contribution >= 4 is 40.7 Å². The zero-order valence-electron chi connectivity index (χ0n) is 13.8.